The van der Waals surface area contributed by atoms with E-state index in [0.29, 0.717) is 22.6 Å². The molecule has 0 aliphatic rings. The van der Waals surface area contributed by atoms with Crippen LogP contribution in [0.5, 0.6) is 0 Å². The van der Waals surface area contributed by atoms with Gasteiger partial charge in [0.25, 0.3) is 0 Å². The largest absolute Gasteiger partial charge is 0.419 e. The summed E-state index contributed by atoms with van der Waals surface area (Å²) in [6, 6.07) is 2.06. The fourth-order valence-electron chi connectivity index (χ4n) is 1.51. The summed E-state index contributed by atoms with van der Waals surface area (Å²) >= 11 is 3.03. The van der Waals surface area contributed by atoms with Crippen LogP contribution >= 0.6 is 15.9 Å². The van der Waals surface area contributed by atoms with Gasteiger partial charge in [0.15, 0.2) is 11.6 Å². The van der Waals surface area contributed by atoms with Gasteiger partial charge in [0, 0.05) is 11.5 Å². The summed E-state index contributed by atoms with van der Waals surface area (Å²) in [5.74, 6) is -1.96. The lowest BCUT2D eigenvalue weighted by atomic mass is 10.2. The third-order valence-electron chi connectivity index (χ3n) is 2.37. The van der Waals surface area contributed by atoms with Crippen LogP contribution in [0.2, 0.25) is 0 Å². The van der Waals surface area contributed by atoms with Gasteiger partial charge in [-0.2, -0.15) is 18.3 Å². The lowest BCUT2D eigenvalue weighted by Crippen LogP contribution is -2.05. The van der Waals surface area contributed by atoms with Crippen molar-refractivity contribution in [3.8, 4) is 5.69 Å². The van der Waals surface area contributed by atoms with Crippen molar-refractivity contribution in [3.05, 3.63) is 47.3 Å². The third-order valence-corrected chi connectivity index (χ3v) is 3.02. The SMILES string of the molecule is Fc1cc(CBr)cc(F)c1-n1cc(C(F)(F)F)cn1. The van der Waals surface area contributed by atoms with Crippen molar-refractivity contribution >= 4 is 15.9 Å². The van der Waals surface area contributed by atoms with Gasteiger partial charge in [-0.25, -0.2) is 13.5 Å². The smallest absolute Gasteiger partial charge is 0.234 e. The maximum absolute atomic E-state index is 13.7. The molecular weight excluding hydrogens is 335 g/mol. The summed E-state index contributed by atoms with van der Waals surface area (Å²) in [6.07, 6.45) is -3.56. The molecule has 0 aliphatic carbocycles. The lowest BCUT2D eigenvalue weighted by Gasteiger charge is -2.07. The second-order valence-corrected chi connectivity index (χ2v) is 4.27. The first-order valence-electron chi connectivity index (χ1n) is 4.99. The molecular formula is C11H6BrF5N2. The molecule has 0 saturated heterocycles. The molecule has 0 aliphatic heterocycles. The Balaban J connectivity index is 2.51. The molecule has 2 aromatic rings. The summed E-state index contributed by atoms with van der Waals surface area (Å²) in [5, 5.41) is 3.57. The number of alkyl halides is 4. The van der Waals surface area contributed by atoms with Crippen molar-refractivity contribution in [2.45, 2.75) is 11.5 Å². The molecule has 2 rings (SSSR count). The van der Waals surface area contributed by atoms with E-state index in [4.69, 9.17) is 0 Å². The topological polar surface area (TPSA) is 17.8 Å². The minimum absolute atomic E-state index is 0.230. The van der Waals surface area contributed by atoms with Crippen LogP contribution in [0.1, 0.15) is 11.1 Å². The molecule has 0 amide bonds. The number of hydrogen-bond acceptors (Lipinski definition) is 1. The van der Waals surface area contributed by atoms with Gasteiger partial charge in [-0.1, -0.05) is 15.9 Å². The Bertz CT molecular complexity index is 582. The average molecular weight is 341 g/mol. The predicted octanol–water partition coefficient (Wildman–Crippen LogP) is 4.06. The molecule has 1 aromatic heterocycles. The second-order valence-electron chi connectivity index (χ2n) is 3.71. The summed E-state index contributed by atoms with van der Waals surface area (Å²) in [6.45, 7) is 0. The van der Waals surface area contributed by atoms with Crippen molar-refractivity contribution < 1.29 is 22.0 Å². The molecule has 0 N–H and O–H groups in total. The van der Waals surface area contributed by atoms with Crippen LogP contribution in [0.4, 0.5) is 22.0 Å². The van der Waals surface area contributed by atoms with E-state index in [1.54, 1.807) is 0 Å². The van der Waals surface area contributed by atoms with E-state index in [1.807, 2.05) is 0 Å². The monoisotopic (exact) mass is 340 g/mol. The fourth-order valence-corrected chi connectivity index (χ4v) is 1.83. The number of nitrogens with zero attached hydrogens (tertiary/aromatic N) is 2. The number of rotatable bonds is 2. The van der Waals surface area contributed by atoms with Gasteiger partial charge in [0.05, 0.1) is 11.8 Å². The summed E-state index contributed by atoms with van der Waals surface area (Å²) < 4.78 is 65.1. The molecule has 0 fully saturated rings. The predicted molar refractivity (Wildman–Crippen MR) is 61.1 cm³/mol. The Morgan fingerprint density at radius 3 is 2.16 bits per heavy atom. The molecule has 0 bridgehead atoms. The lowest BCUT2D eigenvalue weighted by molar-refractivity contribution is -0.137. The quantitative estimate of drug-likeness (QED) is 0.595. The minimum atomic E-state index is -4.61. The summed E-state index contributed by atoms with van der Waals surface area (Å²) in [5.41, 5.74) is -1.38. The number of benzene rings is 1. The molecule has 1 aromatic carbocycles. The van der Waals surface area contributed by atoms with Crippen molar-refractivity contribution in [3.63, 3.8) is 0 Å². The maximum Gasteiger partial charge on any atom is 0.419 e. The van der Waals surface area contributed by atoms with Gasteiger partial charge in [-0.15, -0.1) is 0 Å². The summed E-state index contributed by atoms with van der Waals surface area (Å²) in [7, 11) is 0. The summed E-state index contributed by atoms with van der Waals surface area (Å²) in [4.78, 5) is 0. The zero-order valence-electron chi connectivity index (χ0n) is 9.18. The Kier molecular flexibility index (Phi) is 3.62. The molecule has 2 nitrogen and oxygen atoms in total. The van der Waals surface area contributed by atoms with E-state index >= 15 is 0 Å². The third kappa shape index (κ3) is 2.78. The van der Waals surface area contributed by atoms with Crippen LogP contribution in [0, 0.1) is 11.6 Å². The first-order chi connectivity index (χ1) is 8.82. The van der Waals surface area contributed by atoms with Gasteiger partial charge in [0.2, 0.25) is 0 Å². The van der Waals surface area contributed by atoms with Gasteiger partial charge < -0.3 is 0 Å². The van der Waals surface area contributed by atoms with Gasteiger partial charge >= 0.3 is 6.18 Å². The van der Waals surface area contributed by atoms with Gasteiger partial charge in [0.1, 0.15) is 5.69 Å². The fraction of sp³-hybridized carbons (Fsp3) is 0.182. The first kappa shape index (κ1) is 14.0. The molecule has 0 atom stereocenters. The Morgan fingerprint density at radius 2 is 1.74 bits per heavy atom. The van der Waals surface area contributed by atoms with E-state index in [0.717, 1.165) is 12.1 Å². The Morgan fingerprint density at radius 1 is 1.16 bits per heavy atom. The van der Waals surface area contributed by atoms with E-state index in [1.165, 1.54) is 0 Å². The maximum atomic E-state index is 13.7. The van der Waals surface area contributed by atoms with E-state index in [2.05, 4.69) is 21.0 Å². The van der Waals surface area contributed by atoms with Crippen molar-refractivity contribution in [1.82, 2.24) is 9.78 Å². The van der Waals surface area contributed by atoms with E-state index in [9.17, 15) is 22.0 Å². The molecule has 0 unspecified atom stereocenters. The Labute approximate surface area is 113 Å². The van der Waals surface area contributed by atoms with Crippen LogP contribution in [0.25, 0.3) is 5.69 Å². The molecule has 0 spiro atoms. The normalized spacial score (nSPS) is 11.9. The second kappa shape index (κ2) is 4.92. The van der Waals surface area contributed by atoms with Gasteiger partial charge in [-0.05, 0) is 17.7 Å². The number of hydrogen-bond donors (Lipinski definition) is 0. The zero-order valence-corrected chi connectivity index (χ0v) is 10.8. The highest BCUT2D eigenvalue weighted by molar-refractivity contribution is 9.08. The molecule has 0 radical (unpaired) electrons. The Hall–Kier alpha value is -1.44. The molecule has 0 saturated carbocycles. The highest BCUT2D eigenvalue weighted by Gasteiger charge is 2.32. The highest BCUT2D eigenvalue weighted by atomic mass is 79.9. The number of halogens is 6. The minimum Gasteiger partial charge on any atom is -0.234 e. The number of aromatic nitrogens is 2. The zero-order chi connectivity index (χ0) is 14.2. The van der Waals surface area contributed by atoms with Crippen LogP contribution in [-0.4, -0.2) is 9.78 Å². The highest BCUT2D eigenvalue weighted by Crippen LogP contribution is 2.30. The molecule has 19 heavy (non-hydrogen) atoms. The molecule has 1 heterocycles. The van der Waals surface area contributed by atoms with Crippen LogP contribution in [0.15, 0.2) is 24.5 Å². The first-order valence-corrected chi connectivity index (χ1v) is 6.11. The molecule has 8 heteroatoms. The van der Waals surface area contributed by atoms with Crippen molar-refractivity contribution in [1.29, 1.82) is 0 Å². The average Bonchev–Trinajstić information content (AvgIpc) is 2.76. The van der Waals surface area contributed by atoms with Crippen LogP contribution in [0.3, 0.4) is 0 Å². The van der Waals surface area contributed by atoms with Crippen molar-refractivity contribution in [2.24, 2.45) is 0 Å². The molecule has 102 valence electrons. The van der Waals surface area contributed by atoms with Gasteiger partial charge in [-0.3, -0.25) is 0 Å². The van der Waals surface area contributed by atoms with E-state index in [-0.39, 0.29) is 5.33 Å². The standard InChI is InChI=1S/C11H6BrF5N2/c12-3-6-1-8(13)10(9(14)2-6)19-5-7(4-18-19)11(15,16)17/h1-2,4-5H,3H2. The van der Waals surface area contributed by atoms with Crippen LogP contribution < -0.4 is 0 Å². The van der Waals surface area contributed by atoms with E-state index < -0.39 is 29.1 Å². The van der Waals surface area contributed by atoms with Crippen LogP contribution in [-0.2, 0) is 11.5 Å². The van der Waals surface area contributed by atoms with Crippen molar-refractivity contribution in [2.75, 3.05) is 0 Å².